The van der Waals surface area contributed by atoms with Crippen molar-refractivity contribution in [2.45, 2.75) is 57.6 Å². The van der Waals surface area contributed by atoms with E-state index in [0.29, 0.717) is 5.75 Å². The minimum Gasteiger partial charge on any atom is -0.463 e. The van der Waals surface area contributed by atoms with E-state index in [1.165, 1.54) is 36.6 Å². The Morgan fingerprint density at radius 2 is 1.90 bits per heavy atom. The molecule has 0 aliphatic carbocycles. The zero-order valence-corrected chi connectivity index (χ0v) is 17.4. The van der Waals surface area contributed by atoms with Crippen LogP contribution >= 0.6 is 0 Å². The molecule has 0 aromatic heterocycles. The molecule has 0 N–H and O–H groups in total. The van der Waals surface area contributed by atoms with Gasteiger partial charge in [0, 0.05) is 29.9 Å². The molecule has 29 heavy (non-hydrogen) atoms. The molecule has 0 saturated carbocycles. The first-order valence-electron chi connectivity index (χ1n) is 10.4. The maximum Gasteiger partial charge on any atom is 0.270 e. The topological polar surface area (TPSA) is 55.6 Å². The second-order valence-corrected chi connectivity index (χ2v) is 8.47. The maximum absolute atomic E-state index is 11.1. The van der Waals surface area contributed by atoms with Crippen LogP contribution in [0, 0.1) is 10.1 Å². The second kappa shape index (κ2) is 7.21. The summed E-state index contributed by atoms with van der Waals surface area (Å²) in [6, 6.07) is 13.4. The number of rotatable bonds is 6. The van der Waals surface area contributed by atoms with Crippen LogP contribution < -0.4 is 9.64 Å². The van der Waals surface area contributed by atoms with E-state index in [-0.39, 0.29) is 16.0 Å². The Hall–Kier alpha value is -2.82. The third kappa shape index (κ3) is 3.00. The monoisotopic (exact) mass is 392 g/mol. The molecule has 2 aromatic rings. The summed E-state index contributed by atoms with van der Waals surface area (Å²) in [6.07, 6.45) is 8.81. The standard InChI is InChI=1S/C24H28N2O3/c1-4-5-6-9-16-25-21-11-8-7-10-20(21)23(2,3)24(25)15-14-18-17-19(26(27)28)12-13-22(18)29-24/h7-8,10-15,17H,4-6,9,16H2,1-3H3/t24-/m0/s1. The van der Waals surface area contributed by atoms with Crippen molar-refractivity contribution in [3.05, 3.63) is 69.8 Å². The van der Waals surface area contributed by atoms with Gasteiger partial charge in [0.05, 0.1) is 10.3 Å². The Bertz CT molecular complexity index is 966. The van der Waals surface area contributed by atoms with Gasteiger partial charge in [-0.15, -0.1) is 0 Å². The highest BCUT2D eigenvalue weighted by molar-refractivity contribution is 5.73. The van der Waals surface area contributed by atoms with Crippen molar-refractivity contribution in [3.63, 3.8) is 0 Å². The lowest BCUT2D eigenvalue weighted by Gasteiger charge is -2.47. The summed E-state index contributed by atoms with van der Waals surface area (Å²) >= 11 is 0. The molecule has 1 atom stereocenters. The smallest absolute Gasteiger partial charge is 0.270 e. The van der Waals surface area contributed by atoms with E-state index in [1.807, 2.05) is 6.08 Å². The lowest BCUT2D eigenvalue weighted by molar-refractivity contribution is -0.384. The summed E-state index contributed by atoms with van der Waals surface area (Å²) in [5, 5.41) is 11.1. The number of nitro benzene ring substituents is 1. The van der Waals surface area contributed by atoms with Crippen LogP contribution in [0.25, 0.3) is 6.08 Å². The summed E-state index contributed by atoms with van der Waals surface area (Å²) in [5.41, 5.74) is 2.39. The van der Waals surface area contributed by atoms with Crippen molar-refractivity contribution in [1.82, 2.24) is 0 Å². The number of benzene rings is 2. The minimum atomic E-state index is -0.647. The third-order valence-electron chi connectivity index (χ3n) is 6.36. The number of unbranched alkanes of at least 4 members (excludes halogenated alkanes) is 3. The van der Waals surface area contributed by atoms with E-state index >= 15 is 0 Å². The molecule has 0 radical (unpaired) electrons. The molecule has 2 heterocycles. The molecule has 5 nitrogen and oxygen atoms in total. The number of nitro groups is 1. The van der Waals surface area contributed by atoms with Gasteiger partial charge in [0.2, 0.25) is 5.72 Å². The molecule has 0 unspecified atom stereocenters. The van der Waals surface area contributed by atoms with Crippen LogP contribution in [-0.4, -0.2) is 17.2 Å². The average molecular weight is 392 g/mol. The zero-order chi connectivity index (χ0) is 20.6. The van der Waals surface area contributed by atoms with E-state index in [1.54, 1.807) is 12.1 Å². The number of para-hydroxylation sites is 1. The van der Waals surface area contributed by atoms with Crippen LogP contribution in [-0.2, 0) is 5.41 Å². The van der Waals surface area contributed by atoms with Crippen LogP contribution in [0.5, 0.6) is 5.75 Å². The van der Waals surface area contributed by atoms with Crippen LogP contribution in [0.4, 0.5) is 11.4 Å². The fourth-order valence-corrected chi connectivity index (χ4v) is 4.69. The fourth-order valence-electron chi connectivity index (χ4n) is 4.69. The molecule has 5 heteroatoms. The number of fused-ring (bicyclic) bond motifs is 2. The molecule has 0 saturated heterocycles. The number of ether oxygens (including phenoxy) is 1. The molecule has 2 aliphatic rings. The second-order valence-electron chi connectivity index (χ2n) is 8.47. The van der Waals surface area contributed by atoms with E-state index in [4.69, 9.17) is 4.74 Å². The Kier molecular flexibility index (Phi) is 4.85. The van der Waals surface area contributed by atoms with Gasteiger partial charge in [0.15, 0.2) is 0 Å². The fraction of sp³-hybridized carbons (Fsp3) is 0.417. The largest absolute Gasteiger partial charge is 0.463 e. The highest BCUT2D eigenvalue weighted by Crippen LogP contribution is 2.55. The molecule has 0 amide bonds. The molecule has 0 bridgehead atoms. The molecular formula is C24H28N2O3. The van der Waals surface area contributed by atoms with Gasteiger partial charge >= 0.3 is 0 Å². The number of hydrogen-bond acceptors (Lipinski definition) is 4. The van der Waals surface area contributed by atoms with E-state index in [2.05, 4.69) is 56.0 Å². The highest BCUT2D eigenvalue weighted by atomic mass is 16.6. The SMILES string of the molecule is CCCCCCN1c2ccccc2C(C)(C)[C@@]12C=Cc1cc([N+](=O)[O-])ccc1O2. The first kappa shape index (κ1) is 19.5. The van der Waals surface area contributed by atoms with Gasteiger partial charge in [-0.25, -0.2) is 0 Å². The lowest BCUT2D eigenvalue weighted by Crippen LogP contribution is -2.59. The third-order valence-corrected chi connectivity index (χ3v) is 6.36. The summed E-state index contributed by atoms with van der Waals surface area (Å²) in [6.45, 7) is 7.57. The first-order chi connectivity index (χ1) is 13.9. The number of nitrogens with zero attached hydrogens (tertiary/aromatic N) is 2. The van der Waals surface area contributed by atoms with Gasteiger partial charge in [-0.05, 0) is 50.1 Å². The predicted molar refractivity (Wildman–Crippen MR) is 116 cm³/mol. The Morgan fingerprint density at radius 1 is 1.10 bits per heavy atom. The van der Waals surface area contributed by atoms with Crippen LogP contribution in [0.1, 0.15) is 57.6 Å². The molecule has 1 spiro atoms. The first-order valence-corrected chi connectivity index (χ1v) is 10.4. The number of non-ortho nitro benzene ring substituents is 1. The minimum absolute atomic E-state index is 0.0818. The van der Waals surface area contributed by atoms with Gasteiger partial charge in [0.25, 0.3) is 5.69 Å². The van der Waals surface area contributed by atoms with Crippen molar-refractivity contribution in [2.75, 3.05) is 11.4 Å². The Balaban J connectivity index is 1.76. The summed E-state index contributed by atoms with van der Waals surface area (Å²) in [7, 11) is 0. The van der Waals surface area contributed by atoms with E-state index < -0.39 is 5.72 Å². The van der Waals surface area contributed by atoms with E-state index in [9.17, 15) is 10.1 Å². The molecule has 4 rings (SSSR count). The maximum atomic E-state index is 11.1. The number of anilines is 1. The van der Waals surface area contributed by atoms with Gasteiger partial charge in [-0.1, -0.05) is 44.4 Å². The van der Waals surface area contributed by atoms with Crippen LogP contribution in [0.2, 0.25) is 0 Å². The number of hydrogen-bond donors (Lipinski definition) is 0. The summed E-state index contributed by atoms with van der Waals surface area (Å²) < 4.78 is 6.70. The zero-order valence-electron chi connectivity index (χ0n) is 17.4. The van der Waals surface area contributed by atoms with Crippen LogP contribution in [0.15, 0.2) is 48.5 Å². The van der Waals surface area contributed by atoms with Crippen molar-refractivity contribution in [2.24, 2.45) is 0 Å². The van der Waals surface area contributed by atoms with Crippen molar-refractivity contribution in [1.29, 1.82) is 0 Å². The molecule has 0 fully saturated rings. The summed E-state index contributed by atoms with van der Waals surface area (Å²) in [4.78, 5) is 13.2. The average Bonchev–Trinajstić information content (AvgIpc) is 2.89. The highest BCUT2D eigenvalue weighted by Gasteiger charge is 2.58. The van der Waals surface area contributed by atoms with Crippen LogP contribution in [0.3, 0.4) is 0 Å². The molecule has 2 aromatic carbocycles. The van der Waals surface area contributed by atoms with Crippen molar-refractivity contribution >= 4 is 17.5 Å². The van der Waals surface area contributed by atoms with Gasteiger partial charge in [-0.3, -0.25) is 10.1 Å². The van der Waals surface area contributed by atoms with E-state index in [0.717, 1.165) is 18.5 Å². The van der Waals surface area contributed by atoms with Crippen molar-refractivity contribution in [3.8, 4) is 5.75 Å². The Morgan fingerprint density at radius 3 is 2.66 bits per heavy atom. The van der Waals surface area contributed by atoms with Gasteiger partial charge in [-0.2, -0.15) is 0 Å². The van der Waals surface area contributed by atoms with Gasteiger partial charge < -0.3 is 9.64 Å². The van der Waals surface area contributed by atoms with Gasteiger partial charge in [0.1, 0.15) is 5.75 Å². The normalized spacial score (nSPS) is 21.0. The quantitative estimate of drug-likeness (QED) is 0.340. The predicted octanol–water partition coefficient (Wildman–Crippen LogP) is 6.07. The molecular weight excluding hydrogens is 364 g/mol. The lowest BCUT2D eigenvalue weighted by atomic mass is 9.76. The Labute approximate surface area is 172 Å². The van der Waals surface area contributed by atoms with Crippen molar-refractivity contribution < 1.29 is 9.66 Å². The molecule has 152 valence electrons. The summed E-state index contributed by atoms with van der Waals surface area (Å²) in [5.74, 6) is 0.692. The molecule has 2 aliphatic heterocycles.